The fourth-order valence-electron chi connectivity index (χ4n) is 9.11. The highest BCUT2D eigenvalue weighted by atomic mass is 16.5. The predicted molar refractivity (Wildman–Crippen MR) is 255 cm³/mol. The summed E-state index contributed by atoms with van der Waals surface area (Å²) in [5.74, 6) is 3.37. The maximum atomic E-state index is 6.75. The Labute approximate surface area is 360 Å². The highest BCUT2D eigenvalue weighted by molar-refractivity contribution is 6.14. The summed E-state index contributed by atoms with van der Waals surface area (Å²) in [4.78, 5) is 4.56. The Morgan fingerprint density at radius 1 is 0.226 bits per heavy atom. The quantitative estimate of drug-likeness (QED) is 0.153. The van der Waals surface area contributed by atoms with E-state index in [1.54, 1.807) is 0 Å². The zero-order chi connectivity index (χ0) is 41.0. The molecular weight excluding hydrogens is 757 g/mol. The van der Waals surface area contributed by atoms with E-state index in [0.717, 1.165) is 112 Å². The van der Waals surface area contributed by atoms with Crippen molar-refractivity contribution in [1.82, 2.24) is 0 Å². The molecule has 10 aromatic carbocycles. The van der Waals surface area contributed by atoms with Crippen LogP contribution in [0.2, 0.25) is 0 Å². The Kier molecular flexibility index (Phi) is 8.46. The molecular formula is C58H38N2O2. The van der Waals surface area contributed by atoms with Gasteiger partial charge in [-0.25, -0.2) is 0 Å². The highest BCUT2D eigenvalue weighted by Crippen LogP contribution is 2.56. The van der Waals surface area contributed by atoms with E-state index in [0.29, 0.717) is 0 Å². The van der Waals surface area contributed by atoms with Gasteiger partial charge < -0.3 is 19.3 Å². The van der Waals surface area contributed by atoms with Crippen LogP contribution in [0.15, 0.2) is 231 Å². The Bertz CT molecular complexity index is 2960. The van der Waals surface area contributed by atoms with Crippen molar-refractivity contribution >= 4 is 44.9 Å². The standard InChI is InChI=1S/C58H38N2O2/c1-5-13-43(14-6-1)59(44-15-7-2-8-16-44)47-27-21-39(22-28-47)41-25-31-49-51-33-34-52-50-32-26-42(38-56(50)62-54-36-35-53(57(51)58(52)54)61-55(49)37-41)40-23-29-48(30-24-40)60(45-17-9-3-10-18-45)46-19-11-4-12-20-46/h1-38H. The van der Waals surface area contributed by atoms with Crippen LogP contribution in [0.5, 0.6) is 23.0 Å². The number of ether oxygens (including phenoxy) is 2. The van der Waals surface area contributed by atoms with E-state index >= 15 is 0 Å². The van der Waals surface area contributed by atoms with Crippen LogP contribution in [0.4, 0.5) is 34.1 Å². The first-order valence-corrected chi connectivity index (χ1v) is 21.0. The Hall–Kier alpha value is -8.34. The molecule has 0 unspecified atom stereocenters. The third kappa shape index (κ3) is 6.08. The van der Waals surface area contributed by atoms with Crippen LogP contribution in [-0.2, 0) is 0 Å². The summed E-state index contributed by atoms with van der Waals surface area (Å²) in [5, 5.41) is 2.16. The van der Waals surface area contributed by atoms with Crippen LogP contribution >= 0.6 is 0 Å². The number of fused-ring (bicyclic) bond motifs is 4. The lowest BCUT2D eigenvalue weighted by molar-refractivity contribution is 0.475. The molecule has 10 aromatic rings. The van der Waals surface area contributed by atoms with Crippen LogP contribution < -0.4 is 19.3 Å². The van der Waals surface area contributed by atoms with Crippen molar-refractivity contribution in [2.24, 2.45) is 0 Å². The number of hydrogen-bond donors (Lipinski definition) is 0. The molecule has 2 heterocycles. The molecule has 0 spiro atoms. The second kappa shape index (κ2) is 14.7. The van der Waals surface area contributed by atoms with Crippen LogP contribution in [-0.4, -0.2) is 0 Å². The molecule has 0 saturated heterocycles. The van der Waals surface area contributed by atoms with Crippen molar-refractivity contribution in [3.05, 3.63) is 231 Å². The van der Waals surface area contributed by atoms with Gasteiger partial charge in [0.25, 0.3) is 0 Å². The molecule has 0 saturated carbocycles. The zero-order valence-electron chi connectivity index (χ0n) is 33.7. The van der Waals surface area contributed by atoms with Crippen LogP contribution in [0, 0.1) is 0 Å². The molecule has 4 heteroatoms. The lowest BCUT2D eigenvalue weighted by Crippen LogP contribution is -2.09. The van der Waals surface area contributed by atoms with Crippen molar-refractivity contribution in [1.29, 1.82) is 0 Å². The van der Waals surface area contributed by atoms with Gasteiger partial charge >= 0.3 is 0 Å². The third-order valence-electron chi connectivity index (χ3n) is 12.0. The minimum Gasteiger partial charge on any atom is -0.456 e. The Balaban J connectivity index is 0.843. The average Bonchev–Trinajstić information content (AvgIpc) is 3.34. The van der Waals surface area contributed by atoms with Gasteiger partial charge in [0.05, 0.1) is 0 Å². The predicted octanol–water partition coefficient (Wildman–Crippen LogP) is 16.7. The van der Waals surface area contributed by atoms with E-state index in [2.05, 4.69) is 240 Å². The number of hydrogen-bond acceptors (Lipinski definition) is 4. The molecule has 0 amide bonds. The van der Waals surface area contributed by atoms with E-state index in [1.807, 2.05) is 0 Å². The lowest BCUT2D eigenvalue weighted by Gasteiger charge is -2.28. The van der Waals surface area contributed by atoms with E-state index < -0.39 is 0 Å². The molecule has 2 aliphatic heterocycles. The largest absolute Gasteiger partial charge is 0.456 e. The number of nitrogens with zero attached hydrogens (tertiary/aromatic N) is 2. The molecule has 2 aliphatic rings. The fourth-order valence-corrected chi connectivity index (χ4v) is 9.11. The van der Waals surface area contributed by atoms with Crippen molar-refractivity contribution in [3.8, 4) is 67.5 Å². The van der Waals surface area contributed by atoms with Gasteiger partial charge in [0.2, 0.25) is 0 Å². The Morgan fingerprint density at radius 2 is 0.516 bits per heavy atom. The minimum atomic E-state index is 0.839. The monoisotopic (exact) mass is 794 g/mol. The number of para-hydroxylation sites is 4. The molecule has 0 atom stereocenters. The summed E-state index contributed by atoms with van der Waals surface area (Å²) >= 11 is 0. The molecule has 0 aliphatic carbocycles. The van der Waals surface area contributed by atoms with Gasteiger partial charge in [-0.05, 0) is 143 Å². The molecule has 0 N–H and O–H groups in total. The van der Waals surface area contributed by atoms with E-state index in [4.69, 9.17) is 9.47 Å². The van der Waals surface area contributed by atoms with Crippen LogP contribution in [0.25, 0.3) is 55.3 Å². The fraction of sp³-hybridized carbons (Fsp3) is 0. The van der Waals surface area contributed by atoms with E-state index in [1.165, 1.54) is 0 Å². The number of benzene rings is 10. The van der Waals surface area contributed by atoms with Gasteiger partial charge in [-0.1, -0.05) is 121 Å². The first-order valence-electron chi connectivity index (χ1n) is 21.0. The van der Waals surface area contributed by atoms with E-state index in [9.17, 15) is 0 Å². The second-order valence-electron chi connectivity index (χ2n) is 15.7. The van der Waals surface area contributed by atoms with Crippen molar-refractivity contribution in [3.63, 3.8) is 0 Å². The smallest absolute Gasteiger partial charge is 0.136 e. The molecule has 12 rings (SSSR count). The molecule has 62 heavy (non-hydrogen) atoms. The van der Waals surface area contributed by atoms with Crippen LogP contribution in [0.1, 0.15) is 0 Å². The molecule has 292 valence electrons. The van der Waals surface area contributed by atoms with Crippen molar-refractivity contribution < 1.29 is 9.47 Å². The van der Waals surface area contributed by atoms with Gasteiger partial charge in [0.1, 0.15) is 23.0 Å². The molecule has 0 bridgehead atoms. The summed E-state index contributed by atoms with van der Waals surface area (Å²) in [6.07, 6.45) is 0. The molecule has 0 aromatic heterocycles. The highest BCUT2D eigenvalue weighted by Gasteiger charge is 2.28. The first-order chi connectivity index (χ1) is 30.7. The van der Waals surface area contributed by atoms with Crippen molar-refractivity contribution in [2.45, 2.75) is 0 Å². The summed E-state index contributed by atoms with van der Waals surface area (Å²) < 4.78 is 13.5. The van der Waals surface area contributed by atoms with Crippen LogP contribution in [0.3, 0.4) is 0 Å². The zero-order valence-corrected chi connectivity index (χ0v) is 33.7. The maximum absolute atomic E-state index is 6.75. The van der Waals surface area contributed by atoms with Crippen molar-refractivity contribution in [2.75, 3.05) is 9.80 Å². The SMILES string of the molecule is c1ccc(N(c2ccccc2)c2ccc(-c3ccc4c(c3)Oc3ccc5c6c(ccc-4c36)-c3ccc(-c4ccc(N(c6ccccc6)c6ccccc6)cc4)cc3O5)cc2)cc1. The topological polar surface area (TPSA) is 24.9 Å². The Morgan fingerprint density at radius 3 is 0.855 bits per heavy atom. The lowest BCUT2D eigenvalue weighted by atomic mass is 9.87. The van der Waals surface area contributed by atoms with Gasteiger partial charge in [-0.15, -0.1) is 0 Å². The molecule has 0 radical (unpaired) electrons. The normalized spacial score (nSPS) is 11.8. The molecule has 0 fully saturated rings. The van der Waals surface area contributed by atoms with Gasteiger partial charge in [0, 0.05) is 56.0 Å². The number of rotatable bonds is 8. The second-order valence-corrected chi connectivity index (χ2v) is 15.7. The average molecular weight is 795 g/mol. The summed E-state index contributed by atoms with van der Waals surface area (Å²) in [7, 11) is 0. The van der Waals surface area contributed by atoms with E-state index in [-0.39, 0.29) is 0 Å². The van der Waals surface area contributed by atoms with Gasteiger partial charge in [-0.3, -0.25) is 0 Å². The van der Waals surface area contributed by atoms with Gasteiger partial charge in [0.15, 0.2) is 0 Å². The summed E-state index contributed by atoms with van der Waals surface area (Å²) in [5.41, 5.74) is 15.5. The number of anilines is 6. The maximum Gasteiger partial charge on any atom is 0.136 e. The first kappa shape index (κ1) is 35.6. The van der Waals surface area contributed by atoms with Gasteiger partial charge in [-0.2, -0.15) is 0 Å². The minimum absolute atomic E-state index is 0.839. The summed E-state index contributed by atoms with van der Waals surface area (Å²) in [6, 6.07) is 81.2. The summed E-state index contributed by atoms with van der Waals surface area (Å²) in [6.45, 7) is 0. The molecule has 4 nitrogen and oxygen atoms in total. The third-order valence-corrected chi connectivity index (χ3v) is 12.0.